The van der Waals surface area contributed by atoms with E-state index in [0.717, 1.165) is 32.4 Å². The SMILES string of the molecule is CC(O)CCN(C)CC1(CC(N)=NO)CC1. The Labute approximate surface area is 96.9 Å². The molecule has 0 saturated heterocycles. The third-order valence-corrected chi connectivity index (χ3v) is 3.18. The molecule has 5 heteroatoms. The van der Waals surface area contributed by atoms with Crippen LogP contribution in [0.25, 0.3) is 0 Å². The zero-order valence-corrected chi connectivity index (χ0v) is 10.2. The van der Waals surface area contributed by atoms with Gasteiger partial charge in [0.1, 0.15) is 5.84 Å². The minimum atomic E-state index is -0.248. The zero-order valence-electron chi connectivity index (χ0n) is 10.2. The Hall–Kier alpha value is -0.810. The molecule has 16 heavy (non-hydrogen) atoms. The van der Waals surface area contributed by atoms with E-state index in [0.29, 0.717) is 12.3 Å². The Morgan fingerprint density at radius 2 is 2.19 bits per heavy atom. The van der Waals surface area contributed by atoms with Gasteiger partial charge in [0.25, 0.3) is 0 Å². The lowest BCUT2D eigenvalue weighted by molar-refractivity contribution is 0.157. The Morgan fingerprint density at radius 3 is 2.62 bits per heavy atom. The first-order valence-electron chi connectivity index (χ1n) is 5.80. The lowest BCUT2D eigenvalue weighted by Crippen LogP contribution is -2.31. The highest BCUT2D eigenvalue weighted by Crippen LogP contribution is 2.49. The van der Waals surface area contributed by atoms with Crippen LogP contribution in [-0.4, -0.2) is 47.3 Å². The van der Waals surface area contributed by atoms with E-state index in [4.69, 9.17) is 10.9 Å². The fourth-order valence-corrected chi connectivity index (χ4v) is 2.05. The van der Waals surface area contributed by atoms with E-state index in [1.807, 2.05) is 0 Å². The molecule has 1 unspecified atom stereocenters. The molecule has 0 bridgehead atoms. The molecule has 0 radical (unpaired) electrons. The topological polar surface area (TPSA) is 82.1 Å². The van der Waals surface area contributed by atoms with Crippen molar-refractivity contribution < 1.29 is 10.3 Å². The molecule has 1 aliphatic carbocycles. The molecule has 1 atom stereocenters. The van der Waals surface area contributed by atoms with E-state index in [1.54, 1.807) is 6.92 Å². The summed E-state index contributed by atoms with van der Waals surface area (Å²) in [6.45, 7) is 3.64. The third kappa shape index (κ3) is 4.37. The lowest BCUT2D eigenvalue weighted by atomic mass is 10.0. The fraction of sp³-hybridized carbons (Fsp3) is 0.909. The molecule has 0 aromatic rings. The summed E-state index contributed by atoms with van der Waals surface area (Å²) in [5, 5.41) is 20.8. The quantitative estimate of drug-likeness (QED) is 0.258. The van der Waals surface area contributed by atoms with E-state index in [2.05, 4.69) is 17.1 Å². The van der Waals surface area contributed by atoms with E-state index in [1.165, 1.54) is 0 Å². The van der Waals surface area contributed by atoms with Gasteiger partial charge in [0.15, 0.2) is 0 Å². The van der Waals surface area contributed by atoms with Crippen LogP contribution in [0, 0.1) is 5.41 Å². The number of oxime groups is 1. The van der Waals surface area contributed by atoms with E-state index < -0.39 is 0 Å². The summed E-state index contributed by atoms with van der Waals surface area (Å²) in [6.07, 6.45) is 3.49. The van der Waals surface area contributed by atoms with Crippen LogP contribution >= 0.6 is 0 Å². The van der Waals surface area contributed by atoms with Gasteiger partial charge in [-0.1, -0.05) is 5.16 Å². The molecular formula is C11H23N3O2. The first-order valence-corrected chi connectivity index (χ1v) is 5.80. The minimum absolute atomic E-state index is 0.212. The van der Waals surface area contributed by atoms with Gasteiger partial charge < -0.3 is 20.9 Å². The molecule has 0 amide bonds. The fourth-order valence-electron chi connectivity index (χ4n) is 2.05. The smallest absolute Gasteiger partial charge is 0.139 e. The van der Waals surface area contributed by atoms with Crippen molar-refractivity contribution in [3.63, 3.8) is 0 Å². The number of nitrogens with two attached hydrogens (primary N) is 1. The van der Waals surface area contributed by atoms with Crippen LogP contribution in [0.3, 0.4) is 0 Å². The molecule has 0 heterocycles. The molecule has 0 spiro atoms. The molecule has 0 aromatic carbocycles. The molecule has 5 nitrogen and oxygen atoms in total. The summed E-state index contributed by atoms with van der Waals surface area (Å²) in [5.41, 5.74) is 5.75. The van der Waals surface area contributed by atoms with Gasteiger partial charge in [-0.05, 0) is 38.6 Å². The number of rotatable bonds is 7. The summed E-state index contributed by atoms with van der Waals surface area (Å²) in [4.78, 5) is 2.21. The first kappa shape index (κ1) is 13.3. The normalized spacial score (nSPS) is 21.1. The van der Waals surface area contributed by atoms with Gasteiger partial charge in [-0.25, -0.2) is 0 Å². The summed E-state index contributed by atoms with van der Waals surface area (Å²) >= 11 is 0. The molecule has 1 aliphatic rings. The average Bonchev–Trinajstić information content (AvgIpc) is 2.94. The third-order valence-electron chi connectivity index (χ3n) is 3.18. The Kier molecular flexibility index (Phi) is 4.56. The summed E-state index contributed by atoms with van der Waals surface area (Å²) in [6, 6.07) is 0. The van der Waals surface area contributed by atoms with Gasteiger partial charge in [0.05, 0.1) is 6.10 Å². The zero-order chi connectivity index (χ0) is 12.2. The number of aliphatic hydroxyl groups is 1. The van der Waals surface area contributed by atoms with Crippen molar-refractivity contribution in [3.8, 4) is 0 Å². The number of amidine groups is 1. The maximum atomic E-state index is 9.20. The van der Waals surface area contributed by atoms with Crippen LogP contribution in [-0.2, 0) is 0 Å². The molecule has 4 N–H and O–H groups in total. The van der Waals surface area contributed by atoms with Crippen LogP contribution in [0.1, 0.15) is 32.6 Å². The van der Waals surface area contributed by atoms with E-state index >= 15 is 0 Å². The van der Waals surface area contributed by atoms with Crippen molar-refractivity contribution in [3.05, 3.63) is 0 Å². The number of hydrogen-bond donors (Lipinski definition) is 3. The van der Waals surface area contributed by atoms with Gasteiger partial charge >= 0.3 is 0 Å². The second-order valence-corrected chi connectivity index (χ2v) is 5.14. The lowest BCUT2D eigenvalue weighted by Gasteiger charge is -2.23. The second kappa shape index (κ2) is 5.50. The standard InChI is InChI=1S/C11H23N3O2/c1-9(15)3-6-14(2)8-11(4-5-11)7-10(12)13-16/h9,15-16H,3-8H2,1-2H3,(H2,12,13). The van der Waals surface area contributed by atoms with Gasteiger partial charge in [-0.3, -0.25) is 0 Å². The predicted molar refractivity (Wildman–Crippen MR) is 63.5 cm³/mol. The molecular weight excluding hydrogens is 206 g/mol. The highest BCUT2D eigenvalue weighted by atomic mass is 16.4. The molecule has 1 fully saturated rings. The predicted octanol–water partition coefficient (Wildman–Crippen LogP) is 0.606. The van der Waals surface area contributed by atoms with Gasteiger partial charge in [-0.2, -0.15) is 0 Å². The molecule has 94 valence electrons. The highest BCUT2D eigenvalue weighted by molar-refractivity contribution is 5.80. The Morgan fingerprint density at radius 1 is 1.56 bits per heavy atom. The van der Waals surface area contributed by atoms with E-state index in [9.17, 15) is 5.11 Å². The van der Waals surface area contributed by atoms with Crippen molar-refractivity contribution in [2.45, 2.75) is 38.7 Å². The monoisotopic (exact) mass is 229 g/mol. The van der Waals surface area contributed by atoms with Gasteiger partial charge in [0.2, 0.25) is 0 Å². The maximum absolute atomic E-state index is 9.20. The molecule has 0 aliphatic heterocycles. The number of hydrogen-bond acceptors (Lipinski definition) is 4. The van der Waals surface area contributed by atoms with Crippen LogP contribution in [0.5, 0.6) is 0 Å². The van der Waals surface area contributed by atoms with Crippen molar-refractivity contribution in [2.24, 2.45) is 16.3 Å². The Bertz CT molecular complexity index is 250. The van der Waals surface area contributed by atoms with Crippen LogP contribution in [0.15, 0.2) is 5.16 Å². The molecule has 1 saturated carbocycles. The Balaban J connectivity index is 2.30. The second-order valence-electron chi connectivity index (χ2n) is 5.14. The van der Waals surface area contributed by atoms with Crippen molar-refractivity contribution in [1.82, 2.24) is 4.90 Å². The number of aliphatic hydroxyl groups excluding tert-OH is 1. The average molecular weight is 229 g/mol. The maximum Gasteiger partial charge on any atom is 0.139 e. The van der Waals surface area contributed by atoms with E-state index in [-0.39, 0.29) is 11.5 Å². The largest absolute Gasteiger partial charge is 0.409 e. The molecule has 0 aromatic heterocycles. The first-order chi connectivity index (χ1) is 7.47. The van der Waals surface area contributed by atoms with Crippen LogP contribution in [0.2, 0.25) is 0 Å². The highest BCUT2D eigenvalue weighted by Gasteiger charge is 2.43. The molecule has 1 rings (SSSR count). The summed E-state index contributed by atoms with van der Waals surface area (Å²) < 4.78 is 0. The summed E-state index contributed by atoms with van der Waals surface area (Å²) in [5.74, 6) is 0.321. The van der Waals surface area contributed by atoms with Crippen LogP contribution in [0.4, 0.5) is 0 Å². The van der Waals surface area contributed by atoms with Crippen molar-refractivity contribution in [2.75, 3.05) is 20.1 Å². The van der Waals surface area contributed by atoms with Crippen LogP contribution < -0.4 is 5.73 Å². The van der Waals surface area contributed by atoms with Gasteiger partial charge in [-0.15, -0.1) is 0 Å². The van der Waals surface area contributed by atoms with Crippen molar-refractivity contribution >= 4 is 5.84 Å². The summed E-state index contributed by atoms with van der Waals surface area (Å²) in [7, 11) is 2.05. The minimum Gasteiger partial charge on any atom is -0.409 e. The number of nitrogens with zero attached hydrogens (tertiary/aromatic N) is 2. The van der Waals surface area contributed by atoms with Crippen molar-refractivity contribution in [1.29, 1.82) is 0 Å². The van der Waals surface area contributed by atoms with Gasteiger partial charge in [0, 0.05) is 19.5 Å².